The number of nitrogens with zero attached hydrogens (tertiary/aromatic N) is 2. The highest BCUT2D eigenvalue weighted by Gasteiger charge is 2.41. The van der Waals surface area contributed by atoms with E-state index in [1.807, 2.05) is 0 Å². The molecule has 1 saturated heterocycles. The van der Waals surface area contributed by atoms with Crippen molar-refractivity contribution in [1.29, 1.82) is 0 Å². The Morgan fingerprint density at radius 2 is 1.73 bits per heavy atom. The number of ether oxygens (including phenoxy) is 1. The van der Waals surface area contributed by atoms with Crippen molar-refractivity contribution in [3.63, 3.8) is 0 Å². The second kappa shape index (κ2) is 10.7. The first-order valence-electron chi connectivity index (χ1n) is 12.2. The molecule has 0 aliphatic carbocycles. The Balaban J connectivity index is 1.48. The van der Waals surface area contributed by atoms with Crippen molar-refractivity contribution < 1.29 is 31.9 Å². The lowest BCUT2D eigenvalue weighted by molar-refractivity contribution is -0.138. The summed E-state index contributed by atoms with van der Waals surface area (Å²) in [7, 11) is 2.65. The zero-order valence-electron chi connectivity index (χ0n) is 21.3. The van der Waals surface area contributed by atoms with E-state index in [0.29, 0.717) is 21.2 Å². The average molecular weight is 591 g/mol. The minimum Gasteiger partial charge on any atom is -0.496 e. The molecular formula is C29H23Cl2F3N2O4. The van der Waals surface area contributed by atoms with Crippen LogP contribution < -0.4 is 4.74 Å². The van der Waals surface area contributed by atoms with Crippen LogP contribution in [0, 0.1) is 0 Å². The third kappa shape index (κ3) is 5.23. The number of alkyl halides is 3. The van der Waals surface area contributed by atoms with E-state index < -0.39 is 23.7 Å². The monoisotopic (exact) mass is 590 g/mol. The van der Waals surface area contributed by atoms with Gasteiger partial charge in [0.25, 0.3) is 11.8 Å². The Hall–Kier alpha value is -3.69. The number of hydrogen-bond donors (Lipinski definition) is 0. The molecule has 0 radical (unpaired) electrons. The van der Waals surface area contributed by atoms with Gasteiger partial charge in [-0.25, -0.2) is 0 Å². The summed E-state index contributed by atoms with van der Waals surface area (Å²) in [6.07, 6.45) is -3.18. The molecule has 1 aliphatic rings. The van der Waals surface area contributed by atoms with Gasteiger partial charge >= 0.3 is 6.18 Å². The molecule has 11 heteroatoms. The van der Waals surface area contributed by atoms with E-state index in [9.17, 15) is 22.8 Å². The molecular weight excluding hydrogens is 568 g/mol. The van der Waals surface area contributed by atoms with Crippen molar-refractivity contribution in [2.45, 2.75) is 18.1 Å². The number of benzene rings is 3. The molecule has 3 aromatic carbocycles. The van der Waals surface area contributed by atoms with E-state index in [2.05, 4.69) is 0 Å². The van der Waals surface area contributed by atoms with Gasteiger partial charge in [0.1, 0.15) is 11.3 Å². The summed E-state index contributed by atoms with van der Waals surface area (Å²) < 4.78 is 51.1. The number of likely N-dealkylation sites (tertiary alicyclic amines) is 1. The van der Waals surface area contributed by atoms with Crippen LogP contribution in [0.2, 0.25) is 10.0 Å². The predicted molar refractivity (Wildman–Crippen MR) is 145 cm³/mol. The number of carbonyl (C=O) groups excluding carboxylic acids is 2. The molecule has 2 atom stereocenters. The normalized spacial score (nSPS) is 17.3. The molecule has 4 aromatic rings. The Morgan fingerprint density at radius 1 is 0.975 bits per heavy atom. The molecule has 0 saturated carbocycles. The molecule has 0 bridgehead atoms. The van der Waals surface area contributed by atoms with Crippen molar-refractivity contribution in [3.8, 4) is 5.75 Å². The maximum absolute atomic E-state index is 13.6. The van der Waals surface area contributed by atoms with Crippen LogP contribution in [0.4, 0.5) is 13.2 Å². The van der Waals surface area contributed by atoms with Crippen molar-refractivity contribution in [1.82, 2.24) is 9.80 Å². The maximum Gasteiger partial charge on any atom is 0.419 e. The third-order valence-electron chi connectivity index (χ3n) is 7.22. The van der Waals surface area contributed by atoms with Crippen LogP contribution in [0.15, 0.2) is 71.3 Å². The lowest BCUT2D eigenvalue weighted by atomic mass is 9.93. The van der Waals surface area contributed by atoms with E-state index in [1.165, 1.54) is 24.3 Å². The van der Waals surface area contributed by atoms with Gasteiger partial charge in [-0.3, -0.25) is 9.59 Å². The van der Waals surface area contributed by atoms with Gasteiger partial charge in [0.05, 0.1) is 35.0 Å². The fourth-order valence-corrected chi connectivity index (χ4v) is 5.42. The Bertz CT molecular complexity index is 1600. The van der Waals surface area contributed by atoms with E-state index in [1.54, 1.807) is 47.4 Å². The molecule has 5 rings (SSSR count). The van der Waals surface area contributed by atoms with Crippen molar-refractivity contribution in [2.75, 3.05) is 27.2 Å². The summed E-state index contributed by atoms with van der Waals surface area (Å²) in [5.74, 6) is -1.64. The van der Waals surface area contributed by atoms with Crippen LogP contribution >= 0.6 is 23.2 Å². The second-order valence-corrected chi connectivity index (χ2v) is 10.4. The van der Waals surface area contributed by atoms with Crippen molar-refractivity contribution >= 4 is 46.0 Å². The van der Waals surface area contributed by atoms with E-state index in [4.69, 9.17) is 32.4 Å². The van der Waals surface area contributed by atoms with Crippen LogP contribution in [0.1, 0.15) is 37.8 Å². The number of amides is 2. The fourth-order valence-electron chi connectivity index (χ4n) is 5.11. The lowest BCUT2D eigenvalue weighted by Gasteiger charge is -2.29. The van der Waals surface area contributed by atoms with Gasteiger partial charge in [-0.1, -0.05) is 29.3 Å². The summed E-state index contributed by atoms with van der Waals surface area (Å²) >= 11 is 12.4. The Labute approximate surface area is 237 Å². The molecule has 40 heavy (non-hydrogen) atoms. The van der Waals surface area contributed by atoms with Crippen LogP contribution in [-0.4, -0.2) is 54.9 Å². The SMILES string of the molecule is COc1ccc(C(=O)N(C)C2CN(C(=O)c3ccc4occc4c3)CC2c2ccc(Cl)c(Cl)c2)cc1C(F)(F)F. The highest BCUT2D eigenvalue weighted by atomic mass is 35.5. The molecule has 6 nitrogen and oxygen atoms in total. The van der Waals surface area contributed by atoms with Crippen LogP contribution in [0.5, 0.6) is 5.75 Å². The zero-order chi connectivity index (χ0) is 28.8. The number of hydrogen-bond acceptors (Lipinski definition) is 4. The number of carbonyl (C=O) groups is 2. The van der Waals surface area contributed by atoms with E-state index in [-0.39, 0.29) is 36.2 Å². The summed E-state index contributed by atoms with van der Waals surface area (Å²) in [5.41, 5.74) is 0.631. The molecule has 2 heterocycles. The fraction of sp³-hybridized carbons (Fsp3) is 0.241. The summed E-state index contributed by atoms with van der Waals surface area (Å²) in [4.78, 5) is 30.1. The Morgan fingerprint density at radius 3 is 2.42 bits per heavy atom. The zero-order valence-corrected chi connectivity index (χ0v) is 22.8. The van der Waals surface area contributed by atoms with Gasteiger partial charge < -0.3 is 19.0 Å². The van der Waals surface area contributed by atoms with Crippen LogP contribution in [-0.2, 0) is 6.18 Å². The highest BCUT2D eigenvalue weighted by molar-refractivity contribution is 6.42. The second-order valence-electron chi connectivity index (χ2n) is 9.56. The van der Waals surface area contributed by atoms with E-state index in [0.717, 1.165) is 30.2 Å². The van der Waals surface area contributed by atoms with Crippen molar-refractivity contribution in [3.05, 3.63) is 99.2 Å². The Kier molecular flexibility index (Phi) is 7.46. The van der Waals surface area contributed by atoms with Gasteiger partial charge in [0.2, 0.25) is 0 Å². The highest BCUT2D eigenvalue weighted by Crippen LogP contribution is 2.38. The molecule has 1 aliphatic heterocycles. The third-order valence-corrected chi connectivity index (χ3v) is 7.96. The molecule has 208 valence electrons. The van der Waals surface area contributed by atoms with Crippen LogP contribution in [0.3, 0.4) is 0 Å². The van der Waals surface area contributed by atoms with Gasteiger partial charge in [0, 0.05) is 42.6 Å². The van der Waals surface area contributed by atoms with E-state index >= 15 is 0 Å². The molecule has 1 fully saturated rings. The molecule has 2 unspecified atom stereocenters. The predicted octanol–water partition coefficient (Wildman–Crippen LogP) is 7.15. The number of fused-ring (bicyclic) bond motifs is 1. The van der Waals surface area contributed by atoms with Gasteiger partial charge in [-0.15, -0.1) is 0 Å². The molecule has 1 aromatic heterocycles. The summed E-state index contributed by atoms with van der Waals surface area (Å²) in [6.45, 7) is 0.399. The lowest BCUT2D eigenvalue weighted by Crippen LogP contribution is -2.42. The summed E-state index contributed by atoms with van der Waals surface area (Å²) in [5, 5.41) is 1.44. The van der Waals surface area contributed by atoms with Crippen LogP contribution in [0.25, 0.3) is 11.0 Å². The van der Waals surface area contributed by atoms with Gasteiger partial charge in [-0.2, -0.15) is 13.2 Å². The van der Waals surface area contributed by atoms with Crippen molar-refractivity contribution in [2.24, 2.45) is 0 Å². The first-order valence-corrected chi connectivity index (χ1v) is 13.0. The number of halogens is 5. The number of methoxy groups -OCH3 is 1. The first kappa shape index (κ1) is 27.9. The van der Waals surface area contributed by atoms with Gasteiger partial charge in [0.15, 0.2) is 0 Å². The summed E-state index contributed by atoms with van der Waals surface area (Å²) in [6, 6.07) is 14.6. The van der Waals surface area contributed by atoms with Gasteiger partial charge in [-0.05, 0) is 60.2 Å². The average Bonchev–Trinajstić information content (AvgIpc) is 3.59. The number of likely N-dealkylation sites (N-methyl/N-ethyl adjacent to an activating group) is 1. The standard InChI is InChI=1S/C29H23Cl2F3N2O4/c1-35(27(37)19-5-8-26(39-2)21(12-19)29(32,33)34)24-15-36(14-20(24)16-3-6-22(30)23(31)13-16)28(38)18-4-7-25-17(11-18)9-10-40-25/h3-13,20,24H,14-15H2,1-2H3. The number of furan rings is 1. The minimum absolute atomic E-state index is 0.150. The smallest absolute Gasteiger partial charge is 0.419 e. The maximum atomic E-state index is 13.6. The topological polar surface area (TPSA) is 63.0 Å². The molecule has 2 amide bonds. The minimum atomic E-state index is -4.71. The molecule has 0 spiro atoms. The largest absolute Gasteiger partial charge is 0.496 e. The quantitative estimate of drug-likeness (QED) is 0.248. The molecule has 0 N–H and O–H groups in total. The first-order chi connectivity index (χ1) is 19.0. The number of rotatable bonds is 5.